The Hall–Kier alpha value is -1.30. The van der Waals surface area contributed by atoms with E-state index in [1.54, 1.807) is 32.9 Å². The van der Waals surface area contributed by atoms with Crippen LogP contribution in [0.1, 0.15) is 32.8 Å². The van der Waals surface area contributed by atoms with Gasteiger partial charge in [-0.2, -0.15) is 0 Å². The molecule has 1 aromatic carbocycles. The second-order valence-corrected chi connectivity index (χ2v) is 7.17. The first kappa shape index (κ1) is 17.1. The summed E-state index contributed by atoms with van der Waals surface area (Å²) in [5.74, 6) is 0. The number of benzene rings is 1. The van der Waals surface area contributed by atoms with Gasteiger partial charge in [-0.05, 0) is 51.4 Å². The normalized spacial score (nSPS) is 21.7. The quantitative estimate of drug-likeness (QED) is 0.798. The zero-order chi connectivity index (χ0) is 16.4. The van der Waals surface area contributed by atoms with Crippen LogP contribution < -0.4 is 10.6 Å². The lowest BCUT2D eigenvalue weighted by Crippen LogP contribution is -2.33. The number of carbonyl (C=O) groups is 1. The Morgan fingerprint density at radius 2 is 2.23 bits per heavy atom. The number of carbonyl (C=O) groups excluding carboxylic acids is 1. The zero-order valence-corrected chi connectivity index (χ0v) is 14.0. The number of hydrogen-bond acceptors (Lipinski definition) is 4. The van der Waals surface area contributed by atoms with E-state index in [0.29, 0.717) is 30.1 Å². The maximum absolute atomic E-state index is 11.7. The highest BCUT2D eigenvalue weighted by molar-refractivity contribution is 6.31. The van der Waals surface area contributed by atoms with Crippen molar-refractivity contribution in [3.05, 3.63) is 28.8 Å². The number of halogens is 1. The van der Waals surface area contributed by atoms with Gasteiger partial charge in [0, 0.05) is 23.7 Å². The van der Waals surface area contributed by atoms with E-state index in [2.05, 4.69) is 10.6 Å². The van der Waals surface area contributed by atoms with Crippen LogP contribution in [0, 0.1) is 0 Å². The van der Waals surface area contributed by atoms with Crippen LogP contribution in [0.5, 0.6) is 0 Å². The fourth-order valence-corrected chi connectivity index (χ4v) is 2.67. The summed E-state index contributed by atoms with van der Waals surface area (Å²) >= 11 is 6.26. The van der Waals surface area contributed by atoms with Gasteiger partial charge in [0.25, 0.3) is 0 Å². The fourth-order valence-electron chi connectivity index (χ4n) is 2.43. The molecule has 0 aliphatic carbocycles. The molecule has 0 radical (unpaired) electrons. The second-order valence-electron chi connectivity index (χ2n) is 6.76. The summed E-state index contributed by atoms with van der Waals surface area (Å²) in [4.78, 5) is 11.7. The van der Waals surface area contributed by atoms with Crippen LogP contribution >= 0.6 is 11.6 Å². The summed E-state index contributed by atoms with van der Waals surface area (Å²) in [6, 6.07) is 5.26. The number of amides is 1. The summed E-state index contributed by atoms with van der Waals surface area (Å²) in [6.07, 6.45) is 0.683. The number of rotatable bonds is 3. The van der Waals surface area contributed by atoms with Gasteiger partial charge in [-0.15, -0.1) is 0 Å². The highest BCUT2D eigenvalue weighted by Crippen LogP contribution is 2.27. The van der Waals surface area contributed by atoms with Gasteiger partial charge in [-0.1, -0.05) is 17.7 Å². The van der Waals surface area contributed by atoms with E-state index in [-0.39, 0.29) is 0 Å². The first-order valence-corrected chi connectivity index (χ1v) is 7.76. The molecule has 1 amide bonds. The number of anilines is 1. The Labute approximate surface area is 136 Å². The summed E-state index contributed by atoms with van der Waals surface area (Å²) < 4.78 is 5.19. The van der Waals surface area contributed by atoms with Gasteiger partial charge in [0.15, 0.2) is 0 Å². The molecule has 1 heterocycles. The van der Waals surface area contributed by atoms with Crippen molar-refractivity contribution in [2.24, 2.45) is 0 Å². The van der Waals surface area contributed by atoms with Gasteiger partial charge in [-0.3, -0.25) is 5.32 Å². The minimum absolute atomic E-state index is 0.492. The topological polar surface area (TPSA) is 70.6 Å². The lowest BCUT2D eigenvalue weighted by atomic mass is 9.93. The first-order valence-electron chi connectivity index (χ1n) is 7.38. The molecule has 122 valence electrons. The van der Waals surface area contributed by atoms with Crippen molar-refractivity contribution in [3.8, 4) is 0 Å². The summed E-state index contributed by atoms with van der Waals surface area (Å²) in [6.45, 7) is 6.80. The van der Waals surface area contributed by atoms with Crippen molar-refractivity contribution in [3.63, 3.8) is 0 Å². The molecule has 1 atom stereocenters. The van der Waals surface area contributed by atoms with Crippen molar-refractivity contribution < 1.29 is 14.6 Å². The van der Waals surface area contributed by atoms with Gasteiger partial charge in [0.05, 0.1) is 5.60 Å². The highest BCUT2D eigenvalue weighted by Gasteiger charge is 2.31. The standard InChI is InChI=1S/C16H23ClN2O3/c1-15(2,3)22-14(20)19-12-5-4-11(13(17)8-12)9-16(21)6-7-18-10-16/h4-5,8,18,21H,6-7,9-10H2,1-3H3,(H,19,20). The van der Waals surface area contributed by atoms with E-state index in [1.807, 2.05) is 6.07 Å². The maximum atomic E-state index is 11.7. The highest BCUT2D eigenvalue weighted by atomic mass is 35.5. The summed E-state index contributed by atoms with van der Waals surface area (Å²) in [5.41, 5.74) is 0.137. The van der Waals surface area contributed by atoms with E-state index in [9.17, 15) is 9.90 Å². The molecule has 0 spiro atoms. The molecule has 1 fully saturated rings. The molecule has 0 bridgehead atoms. The number of nitrogens with one attached hydrogen (secondary N) is 2. The first-order chi connectivity index (χ1) is 10.2. The van der Waals surface area contributed by atoms with Crippen LogP contribution in [-0.4, -0.2) is 35.5 Å². The molecule has 0 saturated carbocycles. The summed E-state index contributed by atoms with van der Waals surface area (Å²) in [5, 5.41) is 16.7. The van der Waals surface area contributed by atoms with E-state index >= 15 is 0 Å². The number of aliphatic hydroxyl groups is 1. The second kappa shape index (κ2) is 6.44. The van der Waals surface area contributed by atoms with Gasteiger partial charge in [0.2, 0.25) is 0 Å². The van der Waals surface area contributed by atoms with Crippen LogP contribution in [0.15, 0.2) is 18.2 Å². The number of ether oxygens (including phenoxy) is 1. The monoisotopic (exact) mass is 326 g/mol. The molecule has 0 aromatic heterocycles. The fraction of sp³-hybridized carbons (Fsp3) is 0.562. The largest absolute Gasteiger partial charge is 0.444 e. The third-order valence-electron chi connectivity index (χ3n) is 3.44. The Morgan fingerprint density at radius 1 is 1.50 bits per heavy atom. The van der Waals surface area contributed by atoms with Crippen LogP contribution in [-0.2, 0) is 11.2 Å². The van der Waals surface area contributed by atoms with Crippen molar-refractivity contribution in [2.45, 2.75) is 44.8 Å². The van der Waals surface area contributed by atoms with Crippen molar-refractivity contribution in [1.29, 1.82) is 0 Å². The molecular formula is C16H23ClN2O3. The third-order valence-corrected chi connectivity index (χ3v) is 3.79. The molecule has 22 heavy (non-hydrogen) atoms. The molecule has 1 aliphatic rings. The Kier molecular flexibility index (Phi) is 5.00. The van der Waals surface area contributed by atoms with E-state index in [0.717, 1.165) is 12.1 Å². The van der Waals surface area contributed by atoms with Crippen molar-refractivity contribution in [2.75, 3.05) is 18.4 Å². The van der Waals surface area contributed by atoms with Crippen LogP contribution in [0.25, 0.3) is 0 Å². The summed E-state index contributed by atoms with van der Waals surface area (Å²) in [7, 11) is 0. The van der Waals surface area contributed by atoms with Gasteiger partial charge in [0.1, 0.15) is 5.60 Å². The molecule has 5 nitrogen and oxygen atoms in total. The SMILES string of the molecule is CC(C)(C)OC(=O)Nc1ccc(CC2(O)CCNC2)c(Cl)c1. The zero-order valence-electron chi connectivity index (χ0n) is 13.2. The van der Waals surface area contributed by atoms with Crippen LogP contribution in [0.2, 0.25) is 5.02 Å². The van der Waals surface area contributed by atoms with E-state index < -0.39 is 17.3 Å². The Morgan fingerprint density at radius 3 is 2.77 bits per heavy atom. The van der Waals surface area contributed by atoms with Gasteiger partial charge >= 0.3 is 6.09 Å². The molecule has 1 aromatic rings. The minimum atomic E-state index is -0.746. The average molecular weight is 327 g/mol. The van der Waals surface area contributed by atoms with E-state index in [4.69, 9.17) is 16.3 Å². The van der Waals surface area contributed by atoms with Crippen molar-refractivity contribution in [1.82, 2.24) is 5.32 Å². The third kappa shape index (κ3) is 4.87. The number of β-amino-alcohol motifs (C(OH)–C–C–N with tert-alkyl or cyclic N) is 1. The van der Waals surface area contributed by atoms with E-state index in [1.165, 1.54) is 0 Å². The average Bonchev–Trinajstić information content (AvgIpc) is 2.77. The Bertz CT molecular complexity index is 549. The maximum Gasteiger partial charge on any atom is 0.412 e. The van der Waals surface area contributed by atoms with Crippen LogP contribution in [0.4, 0.5) is 10.5 Å². The minimum Gasteiger partial charge on any atom is -0.444 e. The smallest absolute Gasteiger partial charge is 0.412 e. The predicted octanol–water partition coefficient (Wildman–Crippen LogP) is 2.95. The molecule has 6 heteroatoms. The lowest BCUT2D eigenvalue weighted by Gasteiger charge is -2.22. The number of hydrogen-bond donors (Lipinski definition) is 3. The van der Waals surface area contributed by atoms with Gasteiger partial charge in [-0.25, -0.2) is 4.79 Å². The molecule has 2 rings (SSSR count). The predicted molar refractivity (Wildman–Crippen MR) is 87.4 cm³/mol. The Balaban J connectivity index is 2.02. The lowest BCUT2D eigenvalue weighted by molar-refractivity contribution is 0.0615. The molecule has 1 saturated heterocycles. The van der Waals surface area contributed by atoms with Crippen molar-refractivity contribution >= 4 is 23.4 Å². The molecule has 3 N–H and O–H groups in total. The van der Waals surface area contributed by atoms with Crippen LogP contribution in [0.3, 0.4) is 0 Å². The molecule has 1 unspecified atom stereocenters. The molecule has 1 aliphatic heterocycles. The van der Waals surface area contributed by atoms with Gasteiger partial charge < -0.3 is 15.2 Å². The molecular weight excluding hydrogens is 304 g/mol.